The van der Waals surface area contributed by atoms with E-state index in [-0.39, 0.29) is 5.41 Å². The van der Waals surface area contributed by atoms with Crippen LogP contribution in [-0.2, 0) is 12.5 Å². The number of hydrogen-bond donors (Lipinski definition) is 2. The summed E-state index contributed by atoms with van der Waals surface area (Å²) in [6, 6.07) is 6.60. The second kappa shape index (κ2) is 5.31. The van der Waals surface area contributed by atoms with Gasteiger partial charge in [-0.1, -0.05) is 19.9 Å². The first-order valence-electron chi connectivity index (χ1n) is 6.74. The third-order valence-electron chi connectivity index (χ3n) is 3.75. The Labute approximate surface area is 115 Å². The van der Waals surface area contributed by atoms with E-state index in [0.29, 0.717) is 0 Å². The van der Waals surface area contributed by atoms with Crippen LogP contribution in [0.15, 0.2) is 18.2 Å². The molecule has 0 aliphatic rings. The second-order valence-corrected chi connectivity index (χ2v) is 5.76. The highest BCUT2D eigenvalue weighted by Crippen LogP contribution is 2.26. The van der Waals surface area contributed by atoms with Crippen LogP contribution in [-0.4, -0.2) is 29.8 Å². The molecule has 0 aliphatic heterocycles. The van der Waals surface area contributed by atoms with Gasteiger partial charge in [-0.3, -0.25) is 0 Å². The number of nitrogens with zero attached hydrogens (tertiary/aromatic N) is 2. The maximum absolute atomic E-state index is 4.61. The molecule has 4 nitrogen and oxygen atoms in total. The zero-order chi connectivity index (χ0) is 14.0. The fourth-order valence-corrected chi connectivity index (χ4v) is 2.34. The van der Waals surface area contributed by atoms with Crippen molar-refractivity contribution in [3.63, 3.8) is 0 Å². The Morgan fingerprint density at radius 1 is 1.32 bits per heavy atom. The van der Waals surface area contributed by atoms with E-state index in [2.05, 4.69) is 59.3 Å². The molecule has 2 N–H and O–H groups in total. The van der Waals surface area contributed by atoms with Crippen LogP contribution in [0.3, 0.4) is 0 Å². The van der Waals surface area contributed by atoms with Crippen molar-refractivity contribution in [2.75, 3.05) is 20.3 Å². The van der Waals surface area contributed by atoms with E-state index in [9.17, 15) is 0 Å². The fraction of sp³-hybridized carbons (Fsp3) is 0.533. The van der Waals surface area contributed by atoms with Crippen LogP contribution in [0.4, 0.5) is 0 Å². The Bertz CT molecular complexity index is 569. The highest BCUT2D eigenvalue weighted by atomic mass is 15.1. The number of fused-ring (bicyclic) bond motifs is 1. The molecule has 104 valence electrons. The molecule has 1 aromatic carbocycles. The summed E-state index contributed by atoms with van der Waals surface area (Å²) in [4.78, 5) is 4.61. The van der Waals surface area contributed by atoms with Gasteiger partial charge < -0.3 is 15.2 Å². The number of nitrogens with one attached hydrogen (secondary N) is 2. The summed E-state index contributed by atoms with van der Waals surface area (Å²) in [5.41, 5.74) is 3.69. The zero-order valence-corrected chi connectivity index (χ0v) is 12.5. The number of rotatable bonds is 5. The molecule has 0 spiro atoms. The smallest absolute Gasteiger partial charge is 0.106 e. The first-order valence-corrected chi connectivity index (χ1v) is 6.74. The first kappa shape index (κ1) is 14.0. The van der Waals surface area contributed by atoms with Crippen molar-refractivity contribution in [3.8, 4) is 0 Å². The summed E-state index contributed by atoms with van der Waals surface area (Å²) in [5, 5.41) is 6.51. The molecule has 19 heavy (non-hydrogen) atoms. The molecule has 0 atom stereocenters. The molecule has 2 rings (SSSR count). The predicted molar refractivity (Wildman–Crippen MR) is 80.4 cm³/mol. The number of aryl methyl sites for hydroxylation is 2. The van der Waals surface area contributed by atoms with Crippen molar-refractivity contribution in [1.29, 1.82) is 0 Å². The molecule has 2 aromatic rings. The van der Waals surface area contributed by atoms with Gasteiger partial charge in [-0.05, 0) is 31.7 Å². The Morgan fingerprint density at radius 2 is 2.05 bits per heavy atom. The summed E-state index contributed by atoms with van der Waals surface area (Å²) in [5.74, 6) is 1.05. The van der Waals surface area contributed by atoms with Crippen LogP contribution in [0.25, 0.3) is 11.0 Å². The average Bonchev–Trinajstić information content (AvgIpc) is 2.65. The molecule has 0 unspecified atom stereocenters. The molecular weight excluding hydrogens is 236 g/mol. The lowest BCUT2D eigenvalue weighted by atomic mass is 9.84. The van der Waals surface area contributed by atoms with Gasteiger partial charge in [0.2, 0.25) is 0 Å². The molecule has 1 aromatic heterocycles. The molecule has 0 bridgehead atoms. The van der Waals surface area contributed by atoms with E-state index in [1.54, 1.807) is 0 Å². The molecule has 1 heterocycles. The summed E-state index contributed by atoms with van der Waals surface area (Å²) in [6.45, 7) is 8.32. The summed E-state index contributed by atoms with van der Waals surface area (Å²) in [7, 11) is 4.01. The minimum atomic E-state index is 0.0937. The predicted octanol–water partition coefficient (Wildman–Crippen LogP) is 1.93. The lowest BCUT2D eigenvalue weighted by molar-refractivity contribution is 0.461. The van der Waals surface area contributed by atoms with Crippen LogP contribution >= 0.6 is 0 Å². The molecule has 0 radical (unpaired) electrons. The highest BCUT2D eigenvalue weighted by molar-refractivity contribution is 5.77. The lowest BCUT2D eigenvalue weighted by Gasteiger charge is -2.25. The van der Waals surface area contributed by atoms with Gasteiger partial charge >= 0.3 is 0 Å². The number of imidazole rings is 1. The zero-order valence-electron chi connectivity index (χ0n) is 12.5. The van der Waals surface area contributed by atoms with Crippen molar-refractivity contribution in [3.05, 3.63) is 29.6 Å². The third kappa shape index (κ3) is 2.80. The number of hydrogen-bond acceptors (Lipinski definition) is 3. The average molecular weight is 260 g/mol. The monoisotopic (exact) mass is 260 g/mol. The molecule has 0 saturated heterocycles. The van der Waals surface area contributed by atoms with Gasteiger partial charge in [-0.25, -0.2) is 4.98 Å². The maximum atomic E-state index is 4.61. The van der Waals surface area contributed by atoms with Gasteiger partial charge in [-0.15, -0.1) is 0 Å². The number of aromatic nitrogens is 2. The number of benzene rings is 1. The molecule has 0 amide bonds. The second-order valence-electron chi connectivity index (χ2n) is 5.76. The largest absolute Gasteiger partial charge is 0.331 e. The SMILES string of the molecule is CNCNCC(C)(C)c1ccc2c(c1)nc(C)n2C. The van der Waals surface area contributed by atoms with Crippen molar-refractivity contribution in [2.24, 2.45) is 7.05 Å². The topological polar surface area (TPSA) is 41.9 Å². The minimum absolute atomic E-state index is 0.0937. The molecule has 4 heteroatoms. The Balaban J connectivity index is 2.29. The van der Waals surface area contributed by atoms with Gasteiger partial charge in [-0.2, -0.15) is 0 Å². The van der Waals surface area contributed by atoms with Crippen molar-refractivity contribution in [1.82, 2.24) is 20.2 Å². The van der Waals surface area contributed by atoms with Gasteiger partial charge in [0.25, 0.3) is 0 Å². The Morgan fingerprint density at radius 3 is 2.74 bits per heavy atom. The van der Waals surface area contributed by atoms with Crippen LogP contribution in [0.1, 0.15) is 25.2 Å². The minimum Gasteiger partial charge on any atom is -0.331 e. The van der Waals surface area contributed by atoms with E-state index in [1.807, 2.05) is 14.0 Å². The first-order chi connectivity index (χ1) is 8.95. The standard InChI is InChI=1S/C15H24N4/c1-11-18-13-8-12(6-7-14(13)19(11)5)15(2,3)9-17-10-16-4/h6-8,16-17H,9-10H2,1-5H3. The molecule has 0 aliphatic carbocycles. The van der Waals surface area contributed by atoms with Crippen LogP contribution < -0.4 is 10.6 Å². The van der Waals surface area contributed by atoms with Crippen molar-refractivity contribution in [2.45, 2.75) is 26.2 Å². The van der Waals surface area contributed by atoms with Gasteiger partial charge in [0.1, 0.15) is 5.82 Å². The lowest BCUT2D eigenvalue weighted by Crippen LogP contribution is -2.37. The maximum Gasteiger partial charge on any atom is 0.106 e. The Kier molecular flexibility index (Phi) is 3.92. The van der Waals surface area contributed by atoms with E-state index in [0.717, 1.165) is 24.6 Å². The molecule has 0 saturated carbocycles. The van der Waals surface area contributed by atoms with Gasteiger partial charge in [0.05, 0.1) is 11.0 Å². The Hall–Kier alpha value is -1.39. The summed E-state index contributed by atoms with van der Waals surface area (Å²) < 4.78 is 2.13. The van der Waals surface area contributed by atoms with Crippen LogP contribution in [0.2, 0.25) is 0 Å². The van der Waals surface area contributed by atoms with Gasteiger partial charge in [0, 0.05) is 25.7 Å². The van der Waals surface area contributed by atoms with E-state index in [4.69, 9.17) is 0 Å². The van der Waals surface area contributed by atoms with Crippen LogP contribution in [0, 0.1) is 6.92 Å². The molecule has 0 fully saturated rings. The third-order valence-corrected chi connectivity index (χ3v) is 3.75. The van der Waals surface area contributed by atoms with E-state index >= 15 is 0 Å². The van der Waals surface area contributed by atoms with Crippen molar-refractivity contribution < 1.29 is 0 Å². The fourth-order valence-electron chi connectivity index (χ4n) is 2.34. The quantitative estimate of drug-likeness (QED) is 0.637. The normalized spacial score (nSPS) is 12.3. The summed E-state index contributed by atoms with van der Waals surface area (Å²) in [6.07, 6.45) is 0. The van der Waals surface area contributed by atoms with Gasteiger partial charge in [0.15, 0.2) is 0 Å². The van der Waals surface area contributed by atoms with E-state index in [1.165, 1.54) is 11.1 Å². The summed E-state index contributed by atoms with van der Waals surface area (Å²) >= 11 is 0. The highest BCUT2D eigenvalue weighted by Gasteiger charge is 2.21. The van der Waals surface area contributed by atoms with Crippen LogP contribution in [0.5, 0.6) is 0 Å². The van der Waals surface area contributed by atoms with Crippen molar-refractivity contribution >= 4 is 11.0 Å². The molecular formula is C15H24N4. The van der Waals surface area contributed by atoms with E-state index < -0.39 is 0 Å².